The predicted octanol–water partition coefficient (Wildman–Crippen LogP) is 5.52. The number of halogens is 1. The van der Waals surface area contributed by atoms with Gasteiger partial charge in [-0.25, -0.2) is 4.39 Å². The highest BCUT2D eigenvalue weighted by Gasteiger charge is 2.49. The van der Waals surface area contributed by atoms with Crippen molar-refractivity contribution in [3.63, 3.8) is 0 Å². The molecular formula is C20H33FO. The highest BCUT2D eigenvalue weighted by molar-refractivity contribution is 4.97. The summed E-state index contributed by atoms with van der Waals surface area (Å²) in [6.07, 6.45) is 14.4. The Labute approximate surface area is 135 Å². The zero-order chi connectivity index (χ0) is 15.1. The molecule has 0 radical (unpaired) electrons. The Hall–Kier alpha value is -0.110. The van der Waals surface area contributed by atoms with Crippen LogP contribution >= 0.6 is 0 Å². The van der Waals surface area contributed by atoms with Gasteiger partial charge in [0.1, 0.15) is 0 Å². The molecule has 1 nitrogen and oxygen atoms in total. The standard InChI is InChI=1S/C20H33FO/c1-13-2-6-16(7-3-13)17-8-4-14(5-9-17)10-15-11-18-20(21)19(12-15)22-18/h13-20H,2-12H2,1H3. The minimum absolute atomic E-state index is 0.0377. The first-order chi connectivity index (χ1) is 10.7. The third kappa shape index (κ3) is 3.09. The first-order valence-corrected chi connectivity index (χ1v) is 9.98. The Kier molecular flexibility index (Phi) is 4.50. The van der Waals surface area contributed by atoms with E-state index in [-0.39, 0.29) is 12.2 Å². The maximum atomic E-state index is 13.5. The molecular weight excluding hydrogens is 275 g/mol. The van der Waals surface area contributed by atoms with Gasteiger partial charge >= 0.3 is 0 Å². The summed E-state index contributed by atoms with van der Waals surface area (Å²) in [5.74, 6) is 4.74. The van der Waals surface area contributed by atoms with E-state index in [4.69, 9.17) is 4.74 Å². The van der Waals surface area contributed by atoms with E-state index in [9.17, 15) is 4.39 Å². The van der Waals surface area contributed by atoms with Gasteiger partial charge in [-0.05, 0) is 74.5 Å². The fraction of sp³-hybridized carbons (Fsp3) is 1.00. The van der Waals surface area contributed by atoms with Gasteiger partial charge in [0.2, 0.25) is 0 Å². The molecule has 22 heavy (non-hydrogen) atoms. The molecule has 5 fully saturated rings. The van der Waals surface area contributed by atoms with Gasteiger partial charge in [0.05, 0.1) is 12.2 Å². The molecule has 2 atom stereocenters. The van der Waals surface area contributed by atoms with E-state index in [0.29, 0.717) is 0 Å². The van der Waals surface area contributed by atoms with Crippen LogP contribution in [0.1, 0.15) is 77.6 Å². The molecule has 0 aromatic rings. The summed E-state index contributed by atoms with van der Waals surface area (Å²) in [7, 11) is 0. The van der Waals surface area contributed by atoms with E-state index in [0.717, 1.165) is 42.4 Å². The largest absolute Gasteiger partial charge is 0.369 e. The van der Waals surface area contributed by atoms with Crippen molar-refractivity contribution in [3.05, 3.63) is 0 Å². The van der Waals surface area contributed by atoms with Crippen molar-refractivity contribution in [2.24, 2.45) is 29.6 Å². The first-order valence-electron chi connectivity index (χ1n) is 9.98. The molecule has 2 heterocycles. The van der Waals surface area contributed by atoms with Crippen LogP contribution in [0.3, 0.4) is 0 Å². The maximum absolute atomic E-state index is 13.5. The summed E-state index contributed by atoms with van der Waals surface area (Å²) in [6, 6.07) is 0. The second-order valence-corrected chi connectivity index (χ2v) is 9.03. The smallest absolute Gasteiger partial charge is 0.152 e. The minimum Gasteiger partial charge on any atom is -0.369 e. The first kappa shape index (κ1) is 15.4. The molecule has 2 heteroatoms. The summed E-state index contributed by atoms with van der Waals surface area (Å²) in [5.41, 5.74) is 0. The van der Waals surface area contributed by atoms with Crippen LogP contribution in [0.15, 0.2) is 0 Å². The highest BCUT2D eigenvalue weighted by atomic mass is 19.1. The summed E-state index contributed by atoms with van der Waals surface area (Å²) in [6.45, 7) is 2.42. The second-order valence-electron chi connectivity index (χ2n) is 9.03. The molecule has 5 aliphatic rings. The average Bonchev–Trinajstić information content (AvgIpc) is 2.56. The number of hydrogen-bond acceptors (Lipinski definition) is 1. The highest BCUT2D eigenvalue weighted by Crippen LogP contribution is 2.46. The molecule has 0 N–H and O–H groups in total. The number of hydrogen-bond donors (Lipinski definition) is 0. The Morgan fingerprint density at radius 2 is 1.32 bits per heavy atom. The average molecular weight is 308 g/mol. The van der Waals surface area contributed by atoms with Crippen LogP contribution in [0.2, 0.25) is 0 Å². The predicted molar refractivity (Wildman–Crippen MR) is 87.5 cm³/mol. The quantitative estimate of drug-likeness (QED) is 0.666. The molecule has 3 aliphatic carbocycles. The molecule has 3 saturated carbocycles. The lowest BCUT2D eigenvalue weighted by molar-refractivity contribution is -0.232. The lowest BCUT2D eigenvalue weighted by Gasteiger charge is -2.49. The number of ether oxygens (including phenoxy) is 1. The normalized spacial score (nSPS) is 52.1. The maximum Gasteiger partial charge on any atom is 0.152 e. The van der Waals surface area contributed by atoms with Gasteiger partial charge < -0.3 is 4.74 Å². The molecule has 5 rings (SSSR count). The third-order valence-corrected chi connectivity index (χ3v) is 7.48. The van der Waals surface area contributed by atoms with E-state index in [1.807, 2.05) is 0 Å². The van der Waals surface area contributed by atoms with Crippen LogP contribution in [-0.4, -0.2) is 18.4 Å². The Morgan fingerprint density at radius 3 is 1.86 bits per heavy atom. The van der Waals surface area contributed by atoms with Gasteiger partial charge in [0.15, 0.2) is 6.17 Å². The molecule has 0 aromatic carbocycles. The Bertz CT molecular complexity index is 356. The van der Waals surface area contributed by atoms with Crippen LogP contribution < -0.4 is 0 Å². The van der Waals surface area contributed by atoms with Crippen molar-refractivity contribution in [1.82, 2.24) is 0 Å². The summed E-state index contributed by atoms with van der Waals surface area (Å²) < 4.78 is 19.1. The third-order valence-electron chi connectivity index (χ3n) is 7.48. The van der Waals surface area contributed by atoms with Crippen molar-refractivity contribution in [3.8, 4) is 0 Å². The zero-order valence-electron chi connectivity index (χ0n) is 14.2. The van der Waals surface area contributed by atoms with Crippen LogP contribution in [-0.2, 0) is 4.74 Å². The molecule has 0 amide bonds. The van der Waals surface area contributed by atoms with E-state index in [2.05, 4.69) is 6.92 Å². The molecule has 2 saturated heterocycles. The lowest BCUT2D eigenvalue weighted by Crippen LogP contribution is -2.56. The van der Waals surface area contributed by atoms with Gasteiger partial charge in [-0.2, -0.15) is 0 Å². The van der Waals surface area contributed by atoms with Crippen LogP contribution in [0.25, 0.3) is 0 Å². The van der Waals surface area contributed by atoms with Crippen molar-refractivity contribution in [2.75, 3.05) is 0 Å². The number of fused-ring (bicyclic) bond motifs is 2. The van der Waals surface area contributed by atoms with E-state index in [1.165, 1.54) is 57.8 Å². The van der Waals surface area contributed by atoms with Gasteiger partial charge in [-0.3, -0.25) is 0 Å². The molecule has 0 aromatic heterocycles. The Balaban J connectivity index is 1.20. The summed E-state index contributed by atoms with van der Waals surface area (Å²) in [5, 5.41) is 0. The van der Waals surface area contributed by atoms with Crippen molar-refractivity contribution in [2.45, 2.75) is 95.9 Å². The summed E-state index contributed by atoms with van der Waals surface area (Å²) >= 11 is 0. The molecule has 126 valence electrons. The van der Waals surface area contributed by atoms with Crippen LogP contribution in [0.4, 0.5) is 4.39 Å². The zero-order valence-corrected chi connectivity index (χ0v) is 14.2. The fourth-order valence-corrected chi connectivity index (χ4v) is 5.97. The molecule has 2 aliphatic heterocycles. The van der Waals surface area contributed by atoms with Gasteiger partial charge in [-0.15, -0.1) is 0 Å². The van der Waals surface area contributed by atoms with Crippen LogP contribution in [0.5, 0.6) is 0 Å². The topological polar surface area (TPSA) is 9.23 Å². The van der Waals surface area contributed by atoms with Crippen molar-refractivity contribution >= 4 is 0 Å². The van der Waals surface area contributed by atoms with E-state index >= 15 is 0 Å². The second kappa shape index (κ2) is 6.42. The monoisotopic (exact) mass is 308 g/mol. The molecule has 0 spiro atoms. The van der Waals surface area contributed by atoms with Gasteiger partial charge in [0, 0.05) is 0 Å². The summed E-state index contributed by atoms with van der Waals surface area (Å²) in [4.78, 5) is 0. The van der Waals surface area contributed by atoms with E-state index < -0.39 is 6.17 Å². The minimum atomic E-state index is -0.638. The molecule has 2 bridgehead atoms. The Morgan fingerprint density at radius 1 is 0.773 bits per heavy atom. The SMILES string of the molecule is CC1CCC(C2CCC(CC3CC4OC(C3)C4F)CC2)CC1. The lowest BCUT2D eigenvalue weighted by atomic mass is 9.67. The number of alkyl halides is 1. The van der Waals surface area contributed by atoms with Crippen molar-refractivity contribution < 1.29 is 9.13 Å². The van der Waals surface area contributed by atoms with Gasteiger partial charge in [0.25, 0.3) is 0 Å². The van der Waals surface area contributed by atoms with Crippen molar-refractivity contribution in [1.29, 1.82) is 0 Å². The van der Waals surface area contributed by atoms with Gasteiger partial charge in [-0.1, -0.05) is 32.6 Å². The van der Waals surface area contributed by atoms with E-state index in [1.54, 1.807) is 0 Å². The fourth-order valence-electron chi connectivity index (χ4n) is 5.97. The molecule has 2 unspecified atom stereocenters. The van der Waals surface area contributed by atoms with Crippen LogP contribution in [0, 0.1) is 29.6 Å². The number of rotatable bonds is 3.